The van der Waals surface area contributed by atoms with Crippen molar-refractivity contribution in [2.24, 2.45) is 5.92 Å². The van der Waals surface area contributed by atoms with Gasteiger partial charge in [0.2, 0.25) is 5.89 Å². The van der Waals surface area contributed by atoms with Crippen LogP contribution in [0.1, 0.15) is 53.8 Å². The first-order valence-corrected chi connectivity index (χ1v) is 10.3. The first kappa shape index (κ1) is 21.7. The highest BCUT2D eigenvalue weighted by Crippen LogP contribution is 2.18. The van der Waals surface area contributed by atoms with E-state index in [2.05, 4.69) is 72.1 Å². The van der Waals surface area contributed by atoms with Crippen molar-refractivity contribution < 1.29 is 9.21 Å². The lowest BCUT2D eigenvalue weighted by molar-refractivity contribution is 0.0945. The molecule has 1 aromatic carbocycles. The van der Waals surface area contributed by atoms with E-state index in [9.17, 15) is 4.79 Å². The molecule has 1 N–H and O–H groups in total. The average molecular weight is 407 g/mol. The summed E-state index contributed by atoms with van der Waals surface area (Å²) in [6.07, 6.45) is 4.86. The number of hydrogen-bond donors (Lipinski definition) is 1. The molecule has 1 amide bonds. The third kappa shape index (κ3) is 6.00. The van der Waals surface area contributed by atoms with Gasteiger partial charge in [-0.2, -0.15) is 0 Å². The molecule has 0 saturated carbocycles. The Hall–Kier alpha value is -2.99. The van der Waals surface area contributed by atoms with Gasteiger partial charge in [-0.05, 0) is 37.0 Å². The smallest absolute Gasteiger partial charge is 0.273 e. The number of carbonyl (C=O) groups excluding carboxylic acids is 1. The number of benzene rings is 1. The molecule has 0 fully saturated rings. The molecule has 2 aromatic heterocycles. The highest BCUT2D eigenvalue weighted by molar-refractivity contribution is 5.91. The standard InChI is InChI=1S/C24H30N4O2/c1-17(2)19(4)28(14-20-8-5-7-18(3)11-20)15-23-27-22(16-30-23)24(29)26-13-21-9-6-10-25-12-21/h5-12,16-17,19H,13-15H2,1-4H3,(H,26,29)/t19-/m0/s1. The normalized spacial score (nSPS) is 12.3. The van der Waals surface area contributed by atoms with Crippen LogP contribution >= 0.6 is 0 Å². The zero-order valence-electron chi connectivity index (χ0n) is 18.1. The maximum atomic E-state index is 12.4. The molecule has 0 saturated heterocycles. The van der Waals surface area contributed by atoms with E-state index in [1.54, 1.807) is 12.4 Å². The van der Waals surface area contributed by atoms with Gasteiger partial charge in [-0.1, -0.05) is 49.7 Å². The van der Waals surface area contributed by atoms with Crippen LogP contribution in [0, 0.1) is 12.8 Å². The number of aromatic nitrogens is 2. The Morgan fingerprint density at radius 1 is 1.13 bits per heavy atom. The highest BCUT2D eigenvalue weighted by atomic mass is 16.3. The molecule has 2 heterocycles. The monoisotopic (exact) mass is 406 g/mol. The van der Waals surface area contributed by atoms with Gasteiger partial charge in [0, 0.05) is 31.5 Å². The number of nitrogens with one attached hydrogen (secondary N) is 1. The largest absolute Gasteiger partial charge is 0.447 e. The Bertz CT molecular complexity index is 953. The number of rotatable bonds is 9. The zero-order chi connectivity index (χ0) is 21.5. The van der Waals surface area contributed by atoms with Gasteiger partial charge in [0.1, 0.15) is 6.26 Å². The lowest BCUT2D eigenvalue weighted by Crippen LogP contribution is -2.36. The number of aryl methyl sites for hydroxylation is 1. The summed E-state index contributed by atoms with van der Waals surface area (Å²) in [7, 11) is 0. The minimum absolute atomic E-state index is 0.254. The Morgan fingerprint density at radius 3 is 2.63 bits per heavy atom. The Kier molecular flexibility index (Phi) is 7.36. The number of pyridine rings is 1. The fourth-order valence-electron chi connectivity index (χ4n) is 3.25. The molecule has 158 valence electrons. The van der Waals surface area contributed by atoms with Crippen molar-refractivity contribution in [2.45, 2.75) is 53.4 Å². The van der Waals surface area contributed by atoms with Crippen LogP contribution in [0.4, 0.5) is 0 Å². The zero-order valence-corrected chi connectivity index (χ0v) is 18.1. The highest BCUT2D eigenvalue weighted by Gasteiger charge is 2.21. The van der Waals surface area contributed by atoms with E-state index in [0.29, 0.717) is 36.6 Å². The summed E-state index contributed by atoms with van der Waals surface area (Å²) < 4.78 is 5.63. The van der Waals surface area contributed by atoms with Gasteiger partial charge in [0.05, 0.1) is 6.54 Å². The SMILES string of the molecule is Cc1cccc(CN(Cc2nc(C(=O)NCc3cccnc3)co2)[C@@H](C)C(C)C)c1. The third-order valence-corrected chi connectivity index (χ3v) is 5.31. The minimum atomic E-state index is -0.254. The summed E-state index contributed by atoms with van der Waals surface area (Å²) in [6, 6.07) is 12.6. The van der Waals surface area contributed by atoms with E-state index in [4.69, 9.17) is 4.42 Å². The van der Waals surface area contributed by atoms with E-state index < -0.39 is 0 Å². The lowest BCUT2D eigenvalue weighted by atomic mass is 10.0. The molecule has 30 heavy (non-hydrogen) atoms. The van der Waals surface area contributed by atoms with E-state index in [-0.39, 0.29) is 5.91 Å². The first-order chi connectivity index (χ1) is 14.4. The molecular formula is C24H30N4O2. The Balaban J connectivity index is 1.66. The van der Waals surface area contributed by atoms with E-state index >= 15 is 0 Å². The van der Waals surface area contributed by atoms with Crippen molar-refractivity contribution >= 4 is 5.91 Å². The van der Waals surface area contributed by atoms with Gasteiger partial charge < -0.3 is 9.73 Å². The number of amides is 1. The van der Waals surface area contributed by atoms with Crippen LogP contribution in [0.3, 0.4) is 0 Å². The van der Waals surface area contributed by atoms with Gasteiger partial charge >= 0.3 is 0 Å². The molecule has 3 rings (SSSR count). The van der Waals surface area contributed by atoms with Crippen molar-refractivity contribution in [1.29, 1.82) is 0 Å². The molecule has 0 aliphatic heterocycles. The molecule has 3 aromatic rings. The van der Waals surface area contributed by atoms with E-state index in [1.807, 2.05) is 12.1 Å². The molecule has 0 spiro atoms. The summed E-state index contributed by atoms with van der Waals surface area (Å²) in [5.41, 5.74) is 3.73. The number of carbonyl (C=O) groups is 1. The van der Waals surface area contributed by atoms with Crippen molar-refractivity contribution in [2.75, 3.05) is 0 Å². The fraction of sp³-hybridized carbons (Fsp3) is 0.375. The maximum absolute atomic E-state index is 12.4. The van der Waals surface area contributed by atoms with Gasteiger partial charge in [-0.25, -0.2) is 4.98 Å². The van der Waals surface area contributed by atoms with Crippen molar-refractivity contribution in [3.63, 3.8) is 0 Å². The van der Waals surface area contributed by atoms with Crippen LogP contribution in [0.5, 0.6) is 0 Å². The lowest BCUT2D eigenvalue weighted by Gasteiger charge is -2.30. The summed E-state index contributed by atoms with van der Waals surface area (Å²) >= 11 is 0. The number of hydrogen-bond acceptors (Lipinski definition) is 5. The van der Waals surface area contributed by atoms with Gasteiger partial charge in [-0.15, -0.1) is 0 Å². The molecule has 0 radical (unpaired) electrons. The maximum Gasteiger partial charge on any atom is 0.273 e. The Labute approximate surface area is 178 Å². The summed E-state index contributed by atoms with van der Waals surface area (Å²) in [6.45, 7) is 10.5. The van der Waals surface area contributed by atoms with Crippen LogP contribution in [0.15, 0.2) is 59.5 Å². The topological polar surface area (TPSA) is 71.3 Å². The van der Waals surface area contributed by atoms with Crippen molar-refractivity contribution in [3.8, 4) is 0 Å². The molecule has 0 aliphatic rings. The van der Waals surface area contributed by atoms with Gasteiger partial charge in [0.25, 0.3) is 5.91 Å². The summed E-state index contributed by atoms with van der Waals surface area (Å²) in [5.74, 6) is 0.768. The quantitative estimate of drug-likeness (QED) is 0.572. The summed E-state index contributed by atoms with van der Waals surface area (Å²) in [5, 5.41) is 2.85. The van der Waals surface area contributed by atoms with Crippen molar-refractivity contribution in [3.05, 3.63) is 83.3 Å². The van der Waals surface area contributed by atoms with E-state index in [0.717, 1.165) is 12.1 Å². The molecule has 0 bridgehead atoms. The van der Waals surface area contributed by atoms with Crippen LogP contribution in [0.2, 0.25) is 0 Å². The first-order valence-electron chi connectivity index (χ1n) is 10.3. The van der Waals surface area contributed by atoms with Crippen LogP contribution in [-0.2, 0) is 19.6 Å². The molecule has 1 atom stereocenters. The number of oxazole rings is 1. The fourth-order valence-corrected chi connectivity index (χ4v) is 3.25. The molecule has 6 heteroatoms. The van der Waals surface area contributed by atoms with E-state index in [1.165, 1.54) is 17.4 Å². The van der Waals surface area contributed by atoms with Gasteiger partial charge in [0.15, 0.2) is 5.69 Å². The van der Waals surface area contributed by atoms with Crippen LogP contribution in [0.25, 0.3) is 0 Å². The van der Waals surface area contributed by atoms with Crippen LogP contribution < -0.4 is 5.32 Å². The predicted molar refractivity (Wildman–Crippen MR) is 117 cm³/mol. The predicted octanol–water partition coefficient (Wildman–Crippen LogP) is 4.35. The molecule has 6 nitrogen and oxygen atoms in total. The minimum Gasteiger partial charge on any atom is -0.447 e. The third-order valence-electron chi connectivity index (χ3n) is 5.31. The summed E-state index contributed by atoms with van der Waals surface area (Å²) in [4.78, 5) is 23.2. The second-order valence-corrected chi connectivity index (χ2v) is 8.05. The average Bonchev–Trinajstić information content (AvgIpc) is 3.20. The van der Waals surface area contributed by atoms with Gasteiger partial charge in [-0.3, -0.25) is 14.7 Å². The van der Waals surface area contributed by atoms with Crippen molar-refractivity contribution in [1.82, 2.24) is 20.2 Å². The number of nitrogens with zero attached hydrogens (tertiary/aromatic N) is 3. The molecular weight excluding hydrogens is 376 g/mol. The van der Waals surface area contributed by atoms with Crippen LogP contribution in [-0.4, -0.2) is 26.8 Å². The second-order valence-electron chi connectivity index (χ2n) is 8.05. The second kappa shape index (κ2) is 10.2. The molecule has 0 aliphatic carbocycles. The molecule has 0 unspecified atom stereocenters. The Morgan fingerprint density at radius 2 is 1.93 bits per heavy atom.